The number of para-hydroxylation sites is 1. The Morgan fingerprint density at radius 1 is 1.15 bits per heavy atom. The number of rotatable bonds is 7. The van der Waals surface area contributed by atoms with Crippen LogP contribution in [0.1, 0.15) is 25.8 Å². The van der Waals surface area contributed by atoms with E-state index in [9.17, 15) is 0 Å². The van der Waals surface area contributed by atoms with Crippen molar-refractivity contribution in [3.63, 3.8) is 0 Å². The largest absolute Gasteiger partial charge is 0.379 e. The van der Waals surface area contributed by atoms with Crippen molar-refractivity contribution in [2.75, 3.05) is 20.2 Å². The number of nitrogens with one attached hydrogen (secondary N) is 1. The number of hydrogen-bond donors (Lipinski definition) is 1. The van der Waals surface area contributed by atoms with Gasteiger partial charge in [-0.1, -0.05) is 24.3 Å². The van der Waals surface area contributed by atoms with Crippen LogP contribution in [0.2, 0.25) is 0 Å². The standard InChI is InChI=1S/C17H24N2O/c1-17(2,20-3)10-13-18-12-9-15-7-4-6-14-8-5-11-19-16(14)15/h4-8,11,18H,9-10,12-13H2,1-3H3. The van der Waals surface area contributed by atoms with Crippen molar-refractivity contribution in [3.05, 3.63) is 42.1 Å². The maximum Gasteiger partial charge on any atom is 0.0734 e. The molecule has 0 spiro atoms. The van der Waals surface area contributed by atoms with Gasteiger partial charge in [0.05, 0.1) is 11.1 Å². The molecule has 0 unspecified atom stereocenters. The zero-order chi connectivity index (χ0) is 14.4. The first-order valence-electron chi connectivity index (χ1n) is 7.21. The van der Waals surface area contributed by atoms with Gasteiger partial charge in [-0.05, 0) is 51.4 Å². The normalized spacial score (nSPS) is 11.9. The summed E-state index contributed by atoms with van der Waals surface area (Å²) in [6.07, 6.45) is 3.87. The Hall–Kier alpha value is -1.45. The summed E-state index contributed by atoms with van der Waals surface area (Å²) in [5.41, 5.74) is 2.38. The molecule has 1 N–H and O–H groups in total. The molecule has 108 valence electrons. The molecule has 1 heterocycles. The molecule has 0 radical (unpaired) electrons. The molecule has 1 aromatic carbocycles. The molecular weight excluding hydrogens is 248 g/mol. The van der Waals surface area contributed by atoms with Gasteiger partial charge in [0.2, 0.25) is 0 Å². The summed E-state index contributed by atoms with van der Waals surface area (Å²) >= 11 is 0. The van der Waals surface area contributed by atoms with Gasteiger partial charge in [-0.2, -0.15) is 0 Å². The van der Waals surface area contributed by atoms with E-state index in [2.05, 4.69) is 48.4 Å². The van der Waals surface area contributed by atoms with Crippen LogP contribution in [-0.2, 0) is 11.2 Å². The first-order valence-corrected chi connectivity index (χ1v) is 7.21. The third-order valence-corrected chi connectivity index (χ3v) is 3.74. The zero-order valence-corrected chi connectivity index (χ0v) is 12.6. The van der Waals surface area contributed by atoms with Gasteiger partial charge < -0.3 is 10.1 Å². The fraction of sp³-hybridized carbons (Fsp3) is 0.471. The second kappa shape index (κ2) is 6.82. The van der Waals surface area contributed by atoms with E-state index in [1.807, 2.05) is 12.3 Å². The number of ether oxygens (including phenoxy) is 1. The van der Waals surface area contributed by atoms with Gasteiger partial charge >= 0.3 is 0 Å². The molecule has 2 aromatic rings. The summed E-state index contributed by atoms with van der Waals surface area (Å²) < 4.78 is 5.41. The molecule has 1 aromatic heterocycles. The van der Waals surface area contributed by atoms with Crippen molar-refractivity contribution >= 4 is 10.9 Å². The monoisotopic (exact) mass is 272 g/mol. The van der Waals surface area contributed by atoms with Crippen LogP contribution < -0.4 is 5.32 Å². The number of benzene rings is 1. The van der Waals surface area contributed by atoms with Crippen molar-refractivity contribution in [1.29, 1.82) is 0 Å². The summed E-state index contributed by atoms with van der Waals surface area (Å²) in [5.74, 6) is 0. The van der Waals surface area contributed by atoms with Crippen molar-refractivity contribution in [2.24, 2.45) is 0 Å². The Labute approximate surface area is 121 Å². The van der Waals surface area contributed by atoms with E-state index in [1.165, 1.54) is 10.9 Å². The quantitative estimate of drug-likeness (QED) is 0.786. The van der Waals surface area contributed by atoms with Gasteiger partial charge in [-0.25, -0.2) is 0 Å². The number of fused-ring (bicyclic) bond motifs is 1. The molecule has 0 saturated heterocycles. The van der Waals surface area contributed by atoms with Crippen LogP contribution in [0.5, 0.6) is 0 Å². The van der Waals surface area contributed by atoms with E-state index in [-0.39, 0.29) is 5.60 Å². The minimum Gasteiger partial charge on any atom is -0.379 e. The van der Waals surface area contributed by atoms with E-state index in [0.717, 1.165) is 31.4 Å². The zero-order valence-electron chi connectivity index (χ0n) is 12.6. The smallest absolute Gasteiger partial charge is 0.0734 e. The van der Waals surface area contributed by atoms with Crippen LogP contribution in [0.3, 0.4) is 0 Å². The second-order valence-electron chi connectivity index (χ2n) is 5.71. The predicted octanol–water partition coefficient (Wildman–Crippen LogP) is 3.18. The highest BCUT2D eigenvalue weighted by Gasteiger charge is 2.14. The highest BCUT2D eigenvalue weighted by atomic mass is 16.5. The molecule has 0 aliphatic carbocycles. The van der Waals surface area contributed by atoms with E-state index < -0.39 is 0 Å². The van der Waals surface area contributed by atoms with E-state index >= 15 is 0 Å². The molecule has 0 bridgehead atoms. The van der Waals surface area contributed by atoms with Gasteiger partial charge in [0.1, 0.15) is 0 Å². The van der Waals surface area contributed by atoms with Gasteiger partial charge in [-0.15, -0.1) is 0 Å². The lowest BCUT2D eigenvalue weighted by Gasteiger charge is -2.22. The van der Waals surface area contributed by atoms with Crippen LogP contribution in [0.25, 0.3) is 10.9 Å². The van der Waals surface area contributed by atoms with Crippen LogP contribution >= 0.6 is 0 Å². The number of nitrogens with zero attached hydrogens (tertiary/aromatic N) is 1. The molecule has 3 nitrogen and oxygen atoms in total. The van der Waals surface area contributed by atoms with Crippen LogP contribution in [0.15, 0.2) is 36.5 Å². The fourth-order valence-corrected chi connectivity index (χ4v) is 2.21. The molecular formula is C17H24N2O. The summed E-state index contributed by atoms with van der Waals surface area (Å²) in [4.78, 5) is 4.48. The van der Waals surface area contributed by atoms with Gasteiger partial charge in [-0.3, -0.25) is 4.98 Å². The van der Waals surface area contributed by atoms with Gasteiger partial charge in [0, 0.05) is 18.7 Å². The first-order chi connectivity index (χ1) is 9.62. The minimum atomic E-state index is -0.0476. The Morgan fingerprint density at radius 3 is 2.75 bits per heavy atom. The van der Waals surface area contributed by atoms with Gasteiger partial charge in [0.25, 0.3) is 0 Å². The van der Waals surface area contributed by atoms with Crippen molar-refractivity contribution in [1.82, 2.24) is 10.3 Å². The molecule has 0 amide bonds. The average Bonchev–Trinajstić information content (AvgIpc) is 2.47. The Morgan fingerprint density at radius 2 is 1.95 bits per heavy atom. The Bertz CT molecular complexity index is 546. The molecule has 0 fully saturated rings. The molecule has 3 heteroatoms. The third-order valence-electron chi connectivity index (χ3n) is 3.74. The Kier molecular flexibility index (Phi) is 5.10. The van der Waals surface area contributed by atoms with Crippen molar-refractivity contribution in [3.8, 4) is 0 Å². The molecule has 0 aliphatic heterocycles. The number of aromatic nitrogens is 1. The summed E-state index contributed by atoms with van der Waals surface area (Å²) in [6.45, 7) is 6.17. The number of hydrogen-bond acceptors (Lipinski definition) is 3. The summed E-state index contributed by atoms with van der Waals surface area (Å²) in [5, 5.41) is 4.69. The lowest BCUT2D eigenvalue weighted by Crippen LogP contribution is -2.29. The van der Waals surface area contributed by atoms with Crippen LogP contribution in [-0.4, -0.2) is 30.8 Å². The Balaban J connectivity index is 1.85. The maximum absolute atomic E-state index is 5.41. The van der Waals surface area contributed by atoms with Crippen LogP contribution in [0, 0.1) is 0 Å². The first kappa shape index (κ1) is 14.9. The van der Waals surface area contributed by atoms with Crippen LogP contribution in [0.4, 0.5) is 0 Å². The number of pyridine rings is 1. The van der Waals surface area contributed by atoms with Gasteiger partial charge in [0.15, 0.2) is 0 Å². The molecule has 20 heavy (non-hydrogen) atoms. The minimum absolute atomic E-state index is 0.0476. The summed E-state index contributed by atoms with van der Waals surface area (Å²) in [7, 11) is 1.77. The topological polar surface area (TPSA) is 34.1 Å². The van der Waals surface area contributed by atoms with E-state index in [0.29, 0.717) is 0 Å². The summed E-state index contributed by atoms with van der Waals surface area (Å²) in [6, 6.07) is 10.5. The molecule has 2 rings (SSSR count). The lowest BCUT2D eigenvalue weighted by molar-refractivity contribution is 0.0159. The third kappa shape index (κ3) is 4.02. The molecule has 0 saturated carbocycles. The highest BCUT2D eigenvalue weighted by molar-refractivity contribution is 5.81. The number of methoxy groups -OCH3 is 1. The van der Waals surface area contributed by atoms with E-state index in [4.69, 9.17) is 4.74 Å². The molecule has 0 aliphatic rings. The average molecular weight is 272 g/mol. The predicted molar refractivity (Wildman–Crippen MR) is 84.0 cm³/mol. The SMILES string of the molecule is COC(C)(C)CCNCCc1cccc2cccnc12. The lowest BCUT2D eigenvalue weighted by atomic mass is 10.1. The van der Waals surface area contributed by atoms with E-state index in [1.54, 1.807) is 7.11 Å². The highest BCUT2D eigenvalue weighted by Crippen LogP contribution is 2.16. The fourth-order valence-electron chi connectivity index (χ4n) is 2.21. The molecule has 0 atom stereocenters. The van der Waals surface area contributed by atoms with Crippen molar-refractivity contribution in [2.45, 2.75) is 32.3 Å². The second-order valence-corrected chi connectivity index (χ2v) is 5.71. The van der Waals surface area contributed by atoms with Crippen molar-refractivity contribution < 1.29 is 4.74 Å². The maximum atomic E-state index is 5.41.